The van der Waals surface area contributed by atoms with Crippen molar-refractivity contribution in [2.75, 3.05) is 26.7 Å². The highest BCUT2D eigenvalue weighted by Gasteiger charge is 2.40. The van der Waals surface area contributed by atoms with Gasteiger partial charge in [-0.15, -0.1) is 0 Å². The highest BCUT2D eigenvalue weighted by atomic mass is 16.5. The third kappa shape index (κ3) is 3.29. The molecule has 1 N–H and O–H groups in total. The number of hydrogen-bond donors (Lipinski definition) is 1. The number of esters is 1. The van der Waals surface area contributed by atoms with E-state index in [0.717, 1.165) is 37.9 Å². The van der Waals surface area contributed by atoms with Crippen molar-refractivity contribution in [1.29, 1.82) is 0 Å². The number of fused-ring (bicyclic) bond motifs is 2. The van der Waals surface area contributed by atoms with Gasteiger partial charge in [-0.3, -0.25) is 4.79 Å². The van der Waals surface area contributed by atoms with Crippen molar-refractivity contribution >= 4 is 5.97 Å². The summed E-state index contributed by atoms with van der Waals surface area (Å²) in [5, 5.41) is 3.36. The lowest BCUT2D eigenvalue weighted by molar-refractivity contribution is -0.148. The lowest BCUT2D eigenvalue weighted by atomic mass is 9.96. The van der Waals surface area contributed by atoms with Crippen LogP contribution in [0, 0.1) is 5.92 Å². The second-order valence-corrected chi connectivity index (χ2v) is 6.33. The second kappa shape index (κ2) is 6.23. The number of ether oxygens (including phenoxy) is 1. The molecule has 1 aliphatic carbocycles. The molecule has 2 bridgehead atoms. The van der Waals surface area contributed by atoms with E-state index in [0.29, 0.717) is 0 Å². The lowest BCUT2D eigenvalue weighted by Crippen LogP contribution is -2.52. The van der Waals surface area contributed by atoms with E-state index in [1.807, 2.05) is 6.92 Å². The van der Waals surface area contributed by atoms with Crippen molar-refractivity contribution in [2.24, 2.45) is 5.92 Å². The van der Waals surface area contributed by atoms with Gasteiger partial charge in [0.25, 0.3) is 0 Å². The van der Waals surface area contributed by atoms with E-state index < -0.39 is 5.54 Å². The molecule has 2 aliphatic rings. The van der Waals surface area contributed by atoms with Crippen LogP contribution in [0.25, 0.3) is 0 Å². The summed E-state index contributed by atoms with van der Waals surface area (Å²) in [7, 11) is 1.48. The first-order valence-corrected chi connectivity index (χ1v) is 7.66. The van der Waals surface area contributed by atoms with Crippen LogP contribution in [0.3, 0.4) is 0 Å². The Morgan fingerprint density at radius 3 is 2.79 bits per heavy atom. The smallest absolute Gasteiger partial charge is 0.325 e. The first kappa shape index (κ1) is 14.8. The quantitative estimate of drug-likeness (QED) is 0.715. The molecule has 4 heteroatoms. The fraction of sp³-hybridized carbons (Fsp3) is 0.933. The zero-order valence-corrected chi connectivity index (χ0v) is 12.6. The number of methoxy groups -OCH3 is 1. The molecule has 2 rings (SSSR count). The number of rotatable bonds is 7. The summed E-state index contributed by atoms with van der Waals surface area (Å²) >= 11 is 0. The summed E-state index contributed by atoms with van der Waals surface area (Å²) in [5.74, 6) is 0.781. The molecule has 0 aromatic carbocycles. The third-order valence-corrected chi connectivity index (χ3v) is 4.82. The maximum Gasteiger partial charge on any atom is 0.325 e. The second-order valence-electron chi connectivity index (χ2n) is 6.33. The van der Waals surface area contributed by atoms with Gasteiger partial charge in [-0.05, 0) is 51.5 Å². The molecule has 3 unspecified atom stereocenters. The van der Waals surface area contributed by atoms with Crippen LogP contribution in [0.4, 0.5) is 0 Å². The topological polar surface area (TPSA) is 41.6 Å². The molecule has 1 saturated carbocycles. The van der Waals surface area contributed by atoms with Crippen molar-refractivity contribution in [2.45, 2.75) is 57.5 Å². The molecule has 110 valence electrons. The van der Waals surface area contributed by atoms with Crippen LogP contribution in [0.1, 0.15) is 46.0 Å². The summed E-state index contributed by atoms with van der Waals surface area (Å²) in [5.41, 5.74) is -0.535. The van der Waals surface area contributed by atoms with Crippen molar-refractivity contribution < 1.29 is 9.53 Å². The zero-order valence-electron chi connectivity index (χ0n) is 12.6. The molecule has 1 heterocycles. The Bertz CT molecular complexity index is 321. The minimum atomic E-state index is -0.535. The average Bonchev–Trinajstić information content (AvgIpc) is 3.04. The van der Waals surface area contributed by atoms with Gasteiger partial charge >= 0.3 is 5.97 Å². The maximum atomic E-state index is 12.0. The van der Waals surface area contributed by atoms with Crippen molar-refractivity contribution in [3.63, 3.8) is 0 Å². The van der Waals surface area contributed by atoms with Gasteiger partial charge in [0.1, 0.15) is 5.54 Å². The number of nitrogens with zero attached hydrogens (tertiary/aromatic N) is 1. The molecular weight excluding hydrogens is 240 g/mol. The van der Waals surface area contributed by atoms with Crippen molar-refractivity contribution in [1.82, 2.24) is 10.2 Å². The van der Waals surface area contributed by atoms with Crippen LogP contribution in [0.2, 0.25) is 0 Å². The maximum absolute atomic E-state index is 12.0. The number of likely N-dealkylation sites (tertiary alicyclic amines) is 1. The van der Waals surface area contributed by atoms with Gasteiger partial charge in [-0.25, -0.2) is 0 Å². The molecule has 4 nitrogen and oxygen atoms in total. The van der Waals surface area contributed by atoms with Crippen molar-refractivity contribution in [3.05, 3.63) is 0 Å². The summed E-state index contributed by atoms with van der Waals surface area (Å²) in [6.07, 6.45) is 5.99. The molecule has 19 heavy (non-hydrogen) atoms. The summed E-state index contributed by atoms with van der Waals surface area (Å²) in [6.45, 7) is 7.18. The van der Waals surface area contributed by atoms with E-state index in [-0.39, 0.29) is 5.97 Å². The fourth-order valence-electron chi connectivity index (χ4n) is 3.56. The van der Waals surface area contributed by atoms with E-state index >= 15 is 0 Å². The Morgan fingerprint density at radius 1 is 1.47 bits per heavy atom. The monoisotopic (exact) mass is 268 g/mol. The Hall–Kier alpha value is -0.610. The molecule has 0 spiro atoms. The van der Waals surface area contributed by atoms with Gasteiger partial charge in [-0.1, -0.05) is 6.92 Å². The number of nitrogens with one attached hydrogen (secondary N) is 1. The average molecular weight is 268 g/mol. The van der Waals surface area contributed by atoms with Crippen LogP contribution in [0.15, 0.2) is 0 Å². The summed E-state index contributed by atoms with van der Waals surface area (Å²) in [4.78, 5) is 14.6. The Labute approximate surface area is 116 Å². The first-order chi connectivity index (χ1) is 9.09. The minimum Gasteiger partial charge on any atom is -0.468 e. The van der Waals surface area contributed by atoms with Crippen LogP contribution in [0.5, 0.6) is 0 Å². The molecule has 1 aliphatic heterocycles. The van der Waals surface area contributed by atoms with E-state index in [2.05, 4.69) is 17.1 Å². The third-order valence-electron chi connectivity index (χ3n) is 4.82. The van der Waals surface area contributed by atoms with E-state index in [9.17, 15) is 4.79 Å². The van der Waals surface area contributed by atoms with Gasteiger partial charge < -0.3 is 15.0 Å². The summed E-state index contributed by atoms with van der Waals surface area (Å²) < 4.78 is 4.97. The molecule has 0 aromatic heterocycles. The van der Waals surface area contributed by atoms with Gasteiger partial charge in [0, 0.05) is 19.1 Å². The van der Waals surface area contributed by atoms with E-state index in [4.69, 9.17) is 4.74 Å². The molecule has 0 aromatic rings. The van der Waals surface area contributed by atoms with E-state index in [1.54, 1.807) is 0 Å². The molecule has 3 atom stereocenters. The zero-order chi connectivity index (χ0) is 13.9. The predicted molar refractivity (Wildman–Crippen MR) is 76.0 cm³/mol. The number of hydrogen-bond acceptors (Lipinski definition) is 4. The van der Waals surface area contributed by atoms with Crippen LogP contribution in [-0.2, 0) is 9.53 Å². The molecule has 0 amide bonds. The van der Waals surface area contributed by atoms with Gasteiger partial charge in [0.15, 0.2) is 0 Å². The lowest BCUT2D eigenvalue weighted by Gasteiger charge is -2.33. The Balaban J connectivity index is 1.87. The standard InChI is InChI=1S/C15H28N2O2/c1-4-8-16-15(2,14(18)19-3)7-9-17-11-12-5-6-13(17)10-12/h12-13,16H,4-11H2,1-3H3. The highest BCUT2D eigenvalue weighted by Crippen LogP contribution is 2.37. The SMILES string of the molecule is CCCNC(C)(CCN1CC2CCC1C2)C(=O)OC. The van der Waals surface area contributed by atoms with Gasteiger partial charge in [0.05, 0.1) is 7.11 Å². The van der Waals surface area contributed by atoms with Crippen LogP contribution < -0.4 is 5.32 Å². The summed E-state index contributed by atoms with van der Waals surface area (Å²) in [6, 6.07) is 0.776. The first-order valence-electron chi connectivity index (χ1n) is 7.66. The Kier molecular flexibility index (Phi) is 4.85. The van der Waals surface area contributed by atoms with Gasteiger partial charge in [0.2, 0.25) is 0 Å². The number of carbonyl (C=O) groups is 1. The van der Waals surface area contributed by atoms with E-state index in [1.165, 1.54) is 32.9 Å². The molecule has 0 radical (unpaired) electrons. The van der Waals surface area contributed by atoms with Crippen molar-refractivity contribution in [3.8, 4) is 0 Å². The minimum absolute atomic E-state index is 0.134. The Morgan fingerprint density at radius 2 is 2.26 bits per heavy atom. The fourth-order valence-corrected chi connectivity index (χ4v) is 3.56. The highest BCUT2D eigenvalue weighted by molar-refractivity contribution is 5.80. The molecule has 2 fully saturated rings. The number of carbonyl (C=O) groups excluding carboxylic acids is 1. The molecule has 1 saturated heterocycles. The largest absolute Gasteiger partial charge is 0.468 e. The molecular formula is C15H28N2O2. The van der Waals surface area contributed by atoms with Gasteiger partial charge in [-0.2, -0.15) is 0 Å². The normalized spacial score (nSPS) is 29.4. The van der Waals surface area contributed by atoms with Crippen LogP contribution in [-0.4, -0.2) is 49.2 Å². The van der Waals surface area contributed by atoms with Crippen LogP contribution >= 0.6 is 0 Å². The predicted octanol–water partition coefficient (Wildman–Crippen LogP) is 1.79. The number of piperidine rings is 1.